The predicted molar refractivity (Wildman–Crippen MR) is 36.9 cm³/mol. The normalized spacial score (nSPS) is 7.64. The Bertz CT molecular complexity index is 354. The van der Waals surface area contributed by atoms with Crippen molar-refractivity contribution in [1.82, 2.24) is 4.98 Å². The molecule has 0 radical (unpaired) electrons. The van der Waals surface area contributed by atoms with Gasteiger partial charge in [-0.3, -0.25) is 4.98 Å². The van der Waals surface area contributed by atoms with E-state index in [2.05, 4.69) is 10.9 Å². The van der Waals surface area contributed by atoms with Crippen LogP contribution in [0, 0.1) is 23.4 Å². The Hall–Kier alpha value is -1.87. The molecule has 52 valence electrons. The van der Waals surface area contributed by atoms with Gasteiger partial charge in [0.25, 0.3) is 0 Å². The van der Waals surface area contributed by atoms with Crippen molar-refractivity contribution in [2.75, 3.05) is 0 Å². The van der Waals surface area contributed by atoms with Crippen LogP contribution in [0.5, 0.6) is 0 Å². The van der Waals surface area contributed by atoms with Gasteiger partial charge in [-0.15, -0.1) is 4.39 Å². The van der Waals surface area contributed by atoms with Crippen LogP contribution in [0.3, 0.4) is 0 Å². The average Bonchev–Trinajstić information content (AvgIpc) is 2.06. The lowest BCUT2D eigenvalue weighted by atomic mass is 10.2. The summed E-state index contributed by atoms with van der Waals surface area (Å²) in [7, 11) is 0. The zero-order valence-corrected chi connectivity index (χ0v) is 5.50. The number of nitriles is 1. The second-order valence-electron chi connectivity index (χ2n) is 1.79. The molecular weight excluding hydrogens is 143 g/mol. The van der Waals surface area contributed by atoms with E-state index in [0.29, 0.717) is 11.1 Å². The van der Waals surface area contributed by atoms with Crippen molar-refractivity contribution in [3.8, 4) is 18.2 Å². The first-order chi connectivity index (χ1) is 5.36. The fourth-order valence-corrected chi connectivity index (χ4v) is 0.624. The van der Waals surface area contributed by atoms with Crippen LogP contribution in [-0.4, -0.2) is 4.98 Å². The molecular formula is C8H3FN2. The first kappa shape index (κ1) is 7.24. The van der Waals surface area contributed by atoms with E-state index in [9.17, 15) is 4.39 Å². The molecule has 0 saturated heterocycles. The number of hydrogen-bond acceptors (Lipinski definition) is 2. The van der Waals surface area contributed by atoms with Gasteiger partial charge in [0.1, 0.15) is 12.2 Å². The fourth-order valence-electron chi connectivity index (χ4n) is 0.624. The molecule has 0 bridgehead atoms. The van der Waals surface area contributed by atoms with Crippen LogP contribution in [0.4, 0.5) is 4.39 Å². The van der Waals surface area contributed by atoms with Gasteiger partial charge >= 0.3 is 0 Å². The minimum Gasteiger partial charge on any atom is -0.262 e. The van der Waals surface area contributed by atoms with E-state index < -0.39 is 0 Å². The summed E-state index contributed by atoms with van der Waals surface area (Å²) in [4.78, 5) is 3.68. The summed E-state index contributed by atoms with van der Waals surface area (Å²) in [5.74, 6) is 2.15. The Balaban J connectivity index is 3.10. The molecule has 0 aliphatic rings. The molecule has 0 N–H and O–H groups in total. The summed E-state index contributed by atoms with van der Waals surface area (Å²) in [6, 6.07) is 3.34. The number of rotatable bonds is 0. The Morgan fingerprint density at radius 3 is 2.73 bits per heavy atom. The van der Waals surface area contributed by atoms with Gasteiger partial charge < -0.3 is 0 Å². The summed E-state index contributed by atoms with van der Waals surface area (Å²) in [5, 5.41) is 8.40. The summed E-state index contributed by atoms with van der Waals surface area (Å²) in [6.07, 6.45) is 4.02. The molecule has 1 aromatic rings. The van der Waals surface area contributed by atoms with E-state index in [1.54, 1.807) is 0 Å². The van der Waals surface area contributed by atoms with Crippen molar-refractivity contribution in [1.29, 1.82) is 5.26 Å². The molecule has 0 spiro atoms. The SMILES string of the molecule is N#Cc1cncc(C#CF)c1. The Kier molecular flexibility index (Phi) is 2.20. The largest absolute Gasteiger partial charge is 0.262 e. The number of hydrogen-bond donors (Lipinski definition) is 0. The number of pyridine rings is 1. The molecule has 0 aliphatic carbocycles. The van der Waals surface area contributed by atoms with Crippen molar-refractivity contribution in [3.63, 3.8) is 0 Å². The van der Waals surface area contributed by atoms with Crippen molar-refractivity contribution >= 4 is 0 Å². The Labute approximate surface area is 63.3 Å². The predicted octanol–water partition coefficient (Wildman–Crippen LogP) is 1.23. The third kappa shape index (κ3) is 1.77. The molecule has 0 aromatic carbocycles. The highest BCUT2D eigenvalue weighted by Gasteiger charge is 1.90. The van der Waals surface area contributed by atoms with Crippen LogP contribution in [0.15, 0.2) is 18.5 Å². The molecule has 0 unspecified atom stereocenters. The molecule has 0 amide bonds. The molecule has 1 heterocycles. The summed E-state index contributed by atoms with van der Waals surface area (Å²) in [6.45, 7) is 0. The summed E-state index contributed by atoms with van der Waals surface area (Å²) < 4.78 is 11.4. The van der Waals surface area contributed by atoms with Gasteiger partial charge in [0.15, 0.2) is 0 Å². The van der Waals surface area contributed by atoms with E-state index in [4.69, 9.17) is 5.26 Å². The van der Waals surface area contributed by atoms with E-state index in [1.165, 1.54) is 24.6 Å². The number of aromatic nitrogens is 1. The molecule has 11 heavy (non-hydrogen) atoms. The van der Waals surface area contributed by atoms with Crippen LogP contribution in [0.1, 0.15) is 11.1 Å². The summed E-state index contributed by atoms with van der Waals surface area (Å²) >= 11 is 0. The van der Waals surface area contributed by atoms with Gasteiger partial charge in [-0.25, -0.2) is 0 Å². The Morgan fingerprint density at radius 2 is 2.09 bits per heavy atom. The van der Waals surface area contributed by atoms with Gasteiger partial charge in [0.05, 0.1) is 5.56 Å². The van der Waals surface area contributed by atoms with Crippen LogP contribution in [-0.2, 0) is 0 Å². The highest BCUT2D eigenvalue weighted by Crippen LogP contribution is 1.98. The van der Waals surface area contributed by atoms with Gasteiger partial charge in [0.2, 0.25) is 0 Å². The van der Waals surface area contributed by atoms with Crippen LogP contribution in [0.25, 0.3) is 0 Å². The molecule has 0 fully saturated rings. The van der Waals surface area contributed by atoms with Gasteiger partial charge in [0, 0.05) is 18.0 Å². The number of nitrogens with zero attached hydrogens (tertiary/aromatic N) is 2. The highest BCUT2D eigenvalue weighted by atomic mass is 19.1. The summed E-state index contributed by atoms with van der Waals surface area (Å²) in [5.41, 5.74) is 0.789. The second kappa shape index (κ2) is 3.34. The maximum atomic E-state index is 11.4. The minimum absolute atomic E-state index is 0.380. The minimum atomic E-state index is 0.380. The van der Waals surface area contributed by atoms with Crippen LogP contribution >= 0.6 is 0 Å². The Morgan fingerprint density at radius 1 is 1.36 bits per heavy atom. The van der Waals surface area contributed by atoms with Gasteiger partial charge in [-0.2, -0.15) is 5.26 Å². The van der Waals surface area contributed by atoms with Crippen molar-refractivity contribution < 1.29 is 4.39 Å². The maximum Gasteiger partial charge on any atom is 0.111 e. The van der Waals surface area contributed by atoms with Crippen molar-refractivity contribution in [2.24, 2.45) is 0 Å². The molecule has 0 atom stereocenters. The topological polar surface area (TPSA) is 36.7 Å². The smallest absolute Gasteiger partial charge is 0.111 e. The molecule has 0 aliphatic heterocycles. The molecule has 2 nitrogen and oxygen atoms in total. The fraction of sp³-hybridized carbons (Fsp3) is 0. The third-order valence-corrected chi connectivity index (χ3v) is 1.06. The quantitative estimate of drug-likeness (QED) is 0.516. The molecule has 0 saturated carbocycles. The van der Waals surface area contributed by atoms with Gasteiger partial charge in [-0.1, -0.05) is 0 Å². The molecule has 3 heteroatoms. The zero-order chi connectivity index (χ0) is 8.10. The lowest BCUT2D eigenvalue weighted by Gasteiger charge is -1.87. The zero-order valence-electron chi connectivity index (χ0n) is 5.50. The van der Waals surface area contributed by atoms with Gasteiger partial charge in [-0.05, 0) is 12.0 Å². The third-order valence-electron chi connectivity index (χ3n) is 1.06. The number of halogens is 1. The van der Waals surface area contributed by atoms with E-state index in [-0.39, 0.29) is 0 Å². The average molecular weight is 146 g/mol. The monoisotopic (exact) mass is 146 g/mol. The standard InChI is InChI=1S/C8H3FN2/c9-2-1-7-3-8(4-10)6-11-5-7/h3,5-6H. The second-order valence-corrected chi connectivity index (χ2v) is 1.79. The lowest BCUT2D eigenvalue weighted by molar-refractivity contribution is 0.773. The highest BCUT2D eigenvalue weighted by molar-refractivity contribution is 5.37. The first-order valence-corrected chi connectivity index (χ1v) is 2.83. The van der Waals surface area contributed by atoms with E-state index in [0.717, 1.165) is 0 Å². The van der Waals surface area contributed by atoms with Crippen molar-refractivity contribution in [2.45, 2.75) is 0 Å². The van der Waals surface area contributed by atoms with Crippen LogP contribution < -0.4 is 0 Å². The van der Waals surface area contributed by atoms with Crippen molar-refractivity contribution in [3.05, 3.63) is 29.6 Å². The van der Waals surface area contributed by atoms with Crippen LogP contribution in [0.2, 0.25) is 0 Å². The molecule has 1 rings (SSSR count). The lowest BCUT2D eigenvalue weighted by Crippen LogP contribution is -1.80. The molecule has 1 aromatic heterocycles. The first-order valence-electron chi connectivity index (χ1n) is 2.83. The van der Waals surface area contributed by atoms with E-state index in [1.807, 2.05) is 6.07 Å². The van der Waals surface area contributed by atoms with E-state index >= 15 is 0 Å². The maximum absolute atomic E-state index is 11.4.